The van der Waals surface area contributed by atoms with Crippen LogP contribution in [0.2, 0.25) is 0 Å². The van der Waals surface area contributed by atoms with Crippen LogP contribution in [0.3, 0.4) is 0 Å². The Bertz CT molecular complexity index is 772. The molecule has 0 aromatic heterocycles. The monoisotopic (exact) mass is 367 g/mol. The summed E-state index contributed by atoms with van der Waals surface area (Å²) in [6.07, 6.45) is 1.68. The third-order valence-electron chi connectivity index (χ3n) is 5.10. The summed E-state index contributed by atoms with van der Waals surface area (Å²) in [4.78, 5) is 22.8. The van der Waals surface area contributed by atoms with Gasteiger partial charge in [-0.05, 0) is 35.1 Å². The van der Waals surface area contributed by atoms with Crippen molar-refractivity contribution in [3.8, 4) is 11.1 Å². The van der Waals surface area contributed by atoms with Gasteiger partial charge in [0, 0.05) is 12.5 Å². The zero-order valence-corrected chi connectivity index (χ0v) is 15.5. The van der Waals surface area contributed by atoms with Crippen LogP contribution >= 0.6 is 0 Å². The van der Waals surface area contributed by atoms with Gasteiger partial charge in [0.25, 0.3) is 0 Å². The number of fused-ring (bicyclic) bond motifs is 3. The van der Waals surface area contributed by atoms with E-state index in [1.165, 1.54) is 22.3 Å². The average molecular weight is 367 g/mol. The van der Waals surface area contributed by atoms with E-state index in [9.17, 15) is 9.59 Å². The van der Waals surface area contributed by atoms with Crippen LogP contribution in [0.1, 0.15) is 43.2 Å². The molecule has 0 saturated carbocycles. The number of ether oxygens (including phenoxy) is 1. The molecule has 2 aromatic rings. The molecule has 0 spiro atoms. The van der Waals surface area contributed by atoms with E-state index < -0.39 is 12.1 Å². The molecule has 0 heterocycles. The van der Waals surface area contributed by atoms with Crippen molar-refractivity contribution >= 4 is 12.1 Å². The molecule has 27 heavy (non-hydrogen) atoms. The molecule has 2 aromatic carbocycles. The molecule has 0 fully saturated rings. The highest BCUT2D eigenvalue weighted by Gasteiger charge is 2.28. The van der Waals surface area contributed by atoms with Crippen molar-refractivity contribution < 1.29 is 19.4 Å². The molecule has 0 aliphatic heterocycles. The highest BCUT2D eigenvalue weighted by atomic mass is 16.5. The minimum Gasteiger partial charge on any atom is -0.481 e. The summed E-state index contributed by atoms with van der Waals surface area (Å²) in [6.45, 7) is 2.49. The Morgan fingerprint density at radius 2 is 1.63 bits per heavy atom. The van der Waals surface area contributed by atoms with Crippen LogP contribution in [0.15, 0.2) is 48.5 Å². The van der Waals surface area contributed by atoms with Gasteiger partial charge in [-0.2, -0.15) is 0 Å². The van der Waals surface area contributed by atoms with E-state index in [0.717, 1.165) is 12.8 Å². The second-order valence-corrected chi connectivity index (χ2v) is 6.99. The Hall–Kier alpha value is -2.82. The number of carboxylic acids is 1. The van der Waals surface area contributed by atoms with Crippen LogP contribution < -0.4 is 5.32 Å². The second kappa shape index (κ2) is 8.71. The molecule has 2 N–H and O–H groups in total. The van der Waals surface area contributed by atoms with Crippen molar-refractivity contribution in [1.29, 1.82) is 0 Å². The molecule has 1 aliphatic carbocycles. The number of carboxylic acid groups (broad SMARTS) is 1. The molecule has 5 heteroatoms. The van der Waals surface area contributed by atoms with Gasteiger partial charge in [-0.15, -0.1) is 0 Å². The lowest BCUT2D eigenvalue weighted by Crippen LogP contribution is -2.27. The molecule has 0 saturated heterocycles. The standard InChI is InChI=1S/C22H25NO4/c1-15(21(24)25)8-6-7-13-23-22(26)27-14-20-18-11-4-2-9-16(18)17-10-3-5-12-19(17)20/h2-5,9-12,15,20H,6-8,13-14H2,1H3,(H,23,26)(H,24,25)/t15-/m1/s1. The number of aliphatic carboxylic acids is 1. The summed E-state index contributed by atoms with van der Waals surface area (Å²) in [6, 6.07) is 16.5. The Morgan fingerprint density at radius 3 is 2.22 bits per heavy atom. The quantitative estimate of drug-likeness (QED) is 0.678. The number of hydrogen-bond donors (Lipinski definition) is 2. The largest absolute Gasteiger partial charge is 0.481 e. The Labute approximate surface area is 159 Å². The van der Waals surface area contributed by atoms with E-state index in [1.54, 1.807) is 6.92 Å². The van der Waals surface area contributed by atoms with Crippen molar-refractivity contribution in [2.45, 2.75) is 32.1 Å². The molecule has 142 valence electrons. The first kappa shape index (κ1) is 19.0. The Balaban J connectivity index is 1.48. The third kappa shape index (κ3) is 4.48. The molecule has 0 bridgehead atoms. The maximum absolute atomic E-state index is 12.0. The lowest BCUT2D eigenvalue weighted by molar-refractivity contribution is -0.141. The fourth-order valence-corrected chi connectivity index (χ4v) is 3.54. The summed E-state index contributed by atoms with van der Waals surface area (Å²) in [7, 11) is 0. The van der Waals surface area contributed by atoms with Gasteiger partial charge in [0.05, 0.1) is 5.92 Å². The molecule has 5 nitrogen and oxygen atoms in total. The fourth-order valence-electron chi connectivity index (χ4n) is 3.54. The van der Waals surface area contributed by atoms with Crippen LogP contribution in [0.5, 0.6) is 0 Å². The van der Waals surface area contributed by atoms with Crippen molar-refractivity contribution in [2.24, 2.45) is 5.92 Å². The predicted octanol–water partition coefficient (Wildman–Crippen LogP) is 4.42. The molecular formula is C22H25NO4. The summed E-state index contributed by atoms with van der Waals surface area (Å²) in [5, 5.41) is 11.6. The summed E-state index contributed by atoms with van der Waals surface area (Å²) in [5.74, 6) is -1.07. The minimum absolute atomic E-state index is 0.0552. The minimum atomic E-state index is -0.778. The number of unbranched alkanes of at least 4 members (excludes halogenated alkanes) is 1. The van der Waals surface area contributed by atoms with E-state index >= 15 is 0 Å². The lowest BCUT2D eigenvalue weighted by Gasteiger charge is -2.14. The SMILES string of the molecule is C[C@H](CCCCNC(=O)OCC1c2ccccc2-c2ccccc21)C(=O)O. The summed E-state index contributed by atoms with van der Waals surface area (Å²) >= 11 is 0. The fraction of sp³-hybridized carbons (Fsp3) is 0.364. The lowest BCUT2D eigenvalue weighted by atomic mass is 9.98. The topological polar surface area (TPSA) is 75.6 Å². The number of alkyl carbamates (subject to hydrolysis) is 1. The second-order valence-electron chi connectivity index (χ2n) is 6.99. The van der Waals surface area contributed by atoms with Crippen LogP contribution in [0.25, 0.3) is 11.1 Å². The highest BCUT2D eigenvalue weighted by molar-refractivity contribution is 5.79. The van der Waals surface area contributed by atoms with Gasteiger partial charge in [-0.3, -0.25) is 4.79 Å². The van der Waals surface area contributed by atoms with Crippen LogP contribution in [-0.2, 0) is 9.53 Å². The van der Waals surface area contributed by atoms with Crippen LogP contribution in [0, 0.1) is 5.92 Å². The molecule has 0 radical (unpaired) electrons. The number of nitrogens with one attached hydrogen (secondary N) is 1. The highest BCUT2D eigenvalue weighted by Crippen LogP contribution is 2.44. The Morgan fingerprint density at radius 1 is 1.04 bits per heavy atom. The smallest absolute Gasteiger partial charge is 0.407 e. The number of hydrogen-bond acceptors (Lipinski definition) is 3. The molecule has 1 amide bonds. The zero-order valence-electron chi connectivity index (χ0n) is 15.5. The Kier molecular flexibility index (Phi) is 6.12. The third-order valence-corrected chi connectivity index (χ3v) is 5.10. The number of carbonyl (C=O) groups is 2. The van der Waals surface area contributed by atoms with Gasteiger partial charge in [0.1, 0.15) is 6.61 Å². The number of amides is 1. The van der Waals surface area contributed by atoms with Gasteiger partial charge >= 0.3 is 12.1 Å². The van der Waals surface area contributed by atoms with Gasteiger partial charge < -0.3 is 15.2 Å². The first-order chi connectivity index (χ1) is 13.1. The van der Waals surface area contributed by atoms with Crippen molar-refractivity contribution in [3.05, 3.63) is 59.7 Å². The number of carbonyl (C=O) groups excluding carboxylic acids is 1. The van der Waals surface area contributed by atoms with Crippen LogP contribution in [-0.4, -0.2) is 30.3 Å². The van der Waals surface area contributed by atoms with E-state index in [0.29, 0.717) is 19.6 Å². The van der Waals surface area contributed by atoms with E-state index in [-0.39, 0.29) is 11.8 Å². The summed E-state index contributed by atoms with van der Waals surface area (Å²) < 4.78 is 5.46. The van der Waals surface area contributed by atoms with E-state index in [4.69, 9.17) is 9.84 Å². The van der Waals surface area contributed by atoms with Crippen molar-refractivity contribution in [3.63, 3.8) is 0 Å². The first-order valence-electron chi connectivity index (χ1n) is 9.39. The van der Waals surface area contributed by atoms with Crippen molar-refractivity contribution in [2.75, 3.05) is 13.2 Å². The normalized spacial score (nSPS) is 13.5. The molecule has 0 unspecified atom stereocenters. The van der Waals surface area contributed by atoms with E-state index in [1.807, 2.05) is 24.3 Å². The van der Waals surface area contributed by atoms with Gasteiger partial charge in [-0.25, -0.2) is 4.79 Å². The molecule has 3 rings (SSSR count). The van der Waals surface area contributed by atoms with Crippen LogP contribution in [0.4, 0.5) is 4.79 Å². The maximum Gasteiger partial charge on any atom is 0.407 e. The maximum atomic E-state index is 12.0. The van der Waals surface area contributed by atoms with E-state index in [2.05, 4.69) is 29.6 Å². The molecular weight excluding hydrogens is 342 g/mol. The number of rotatable bonds is 8. The van der Waals surface area contributed by atoms with Gasteiger partial charge in [-0.1, -0.05) is 61.9 Å². The average Bonchev–Trinajstić information content (AvgIpc) is 3.00. The predicted molar refractivity (Wildman–Crippen MR) is 104 cm³/mol. The van der Waals surface area contributed by atoms with Gasteiger partial charge in [0.15, 0.2) is 0 Å². The zero-order chi connectivity index (χ0) is 19.2. The number of benzene rings is 2. The molecule has 1 aliphatic rings. The van der Waals surface area contributed by atoms with Gasteiger partial charge in [0.2, 0.25) is 0 Å². The first-order valence-corrected chi connectivity index (χ1v) is 9.39. The summed E-state index contributed by atoms with van der Waals surface area (Å²) in [5.41, 5.74) is 4.78. The molecule has 1 atom stereocenters. The van der Waals surface area contributed by atoms with Crippen molar-refractivity contribution in [1.82, 2.24) is 5.32 Å².